The maximum atomic E-state index is 10.1. The van der Waals surface area contributed by atoms with Crippen LogP contribution in [-0.2, 0) is 4.74 Å². The van der Waals surface area contributed by atoms with Gasteiger partial charge in [0.15, 0.2) is 17.3 Å². The number of hydrogen-bond acceptors (Lipinski definition) is 7. The summed E-state index contributed by atoms with van der Waals surface area (Å²) >= 11 is 0. The van der Waals surface area contributed by atoms with Crippen LogP contribution in [0.15, 0.2) is 48.5 Å². The average Bonchev–Trinajstić information content (AvgIpc) is 3.32. The van der Waals surface area contributed by atoms with Gasteiger partial charge in [0.25, 0.3) is 0 Å². The number of aromatic nitrogens is 3. The predicted molar refractivity (Wildman–Crippen MR) is 127 cm³/mol. The molecule has 3 aromatic rings. The number of morpholine rings is 1. The fourth-order valence-corrected chi connectivity index (χ4v) is 3.65. The Morgan fingerprint density at radius 2 is 1.91 bits per heavy atom. The third-order valence-electron chi connectivity index (χ3n) is 5.28. The summed E-state index contributed by atoms with van der Waals surface area (Å²) < 4.78 is 18.7. The maximum absolute atomic E-state index is 10.1. The molecule has 1 fully saturated rings. The normalized spacial score (nSPS) is 14.1. The molecule has 0 radical (unpaired) electrons. The second kappa shape index (κ2) is 10.7. The van der Waals surface area contributed by atoms with Crippen LogP contribution in [0.3, 0.4) is 0 Å². The molecule has 0 bridgehead atoms. The smallest absolute Gasteiger partial charge is 0.232 e. The number of allylic oxidation sites excluding steroid dienone is 1. The van der Waals surface area contributed by atoms with Gasteiger partial charge in [0.05, 0.1) is 38.2 Å². The van der Waals surface area contributed by atoms with Gasteiger partial charge in [-0.3, -0.25) is 4.57 Å². The molecule has 0 N–H and O–H groups in total. The van der Waals surface area contributed by atoms with Crippen molar-refractivity contribution in [3.05, 3.63) is 59.9 Å². The Balaban J connectivity index is 1.78. The molecule has 2 aromatic carbocycles. The number of para-hydroxylation sites is 1. The largest absolute Gasteiger partial charge is 0.493 e. The van der Waals surface area contributed by atoms with Crippen LogP contribution in [0.2, 0.25) is 0 Å². The maximum Gasteiger partial charge on any atom is 0.232 e. The molecule has 1 aliphatic rings. The van der Waals surface area contributed by atoms with E-state index in [9.17, 15) is 5.26 Å². The Bertz CT molecular complexity index is 1140. The highest BCUT2D eigenvalue weighted by molar-refractivity contribution is 5.88. The minimum absolute atomic E-state index is 0.400. The first-order valence-electron chi connectivity index (χ1n) is 11.0. The van der Waals surface area contributed by atoms with Crippen molar-refractivity contribution in [1.29, 1.82) is 5.26 Å². The number of anilines is 1. The number of nitriles is 1. The molecule has 4 rings (SSSR count). The zero-order valence-corrected chi connectivity index (χ0v) is 18.9. The molecule has 0 aliphatic carbocycles. The average molecular weight is 446 g/mol. The first kappa shape index (κ1) is 22.4. The molecule has 0 spiro atoms. The van der Waals surface area contributed by atoms with Crippen LogP contribution in [0.4, 0.5) is 5.95 Å². The van der Waals surface area contributed by atoms with E-state index in [1.165, 1.54) is 0 Å². The van der Waals surface area contributed by atoms with Crippen molar-refractivity contribution in [3.63, 3.8) is 0 Å². The van der Waals surface area contributed by atoms with Crippen LogP contribution in [0.1, 0.15) is 24.7 Å². The van der Waals surface area contributed by atoms with Crippen LogP contribution in [-0.4, -0.2) is 54.8 Å². The Hall–Kier alpha value is -3.83. The lowest BCUT2D eigenvalue weighted by molar-refractivity contribution is 0.122. The number of rotatable bonds is 8. The van der Waals surface area contributed by atoms with Gasteiger partial charge in [-0.1, -0.05) is 31.2 Å². The third kappa shape index (κ3) is 4.99. The lowest BCUT2D eigenvalue weighted by Gasteiger charge is -2.28. The molecule has 0 amide bonds. The molecule has 2 heterocycles. The number of nitrogens with zero attached hydrogens (tertiary/aromatic N) is 5. The third-order valence-corrected chi connectivity index (χ3v) is 5.28. The first-order valence-corrected chi connectivity index (χ1v) is 11.0. The van der Waals surface area contributed by atoms with Crippen molar-refractivity contribution < 1.29 is 14.2 Å². The number of benzene rings is 2. The van der Waals surface area contributed by atoms with E-state index in [0.717, 1.165) is 17.7 Å². The van der Waals surface area contributed by atoms with Crippen LogP contribution in [0.25, 0.3) is 17.3 Å². The van der Waals surface area contributed by atoms with Crippen LogP contribution >= 0.6 is 0 Å². The summed E-state index contributed by atoms with van der Waals surface area (Å²) in [5, 5.41) is 18.9. The summed E-state index contributed by atoms with van der Waals surface area (Å²) in [5.41, 5.74) is 2.10. The summed E-state index contributed by atoms with van der Waals surface area (Å²) in [6.07, 6.45) is 2.68. The van der Waals surface area contributed by atoms with E-state index in [0.29, 0.717) is 61.8 Å². The van der Waals surface area contributed by atoms with Crippen LogP contribution < -0.4 is 14.4 Å². The first-order chi connectivity index (χ1) is 16.2. The van der Waals surface area contributed by atoms with E-state index in [2.05, 4.69) is 21.2 Å². The molecule has 0 unspecified atom stereocenters. The highest BCUT2D eigenvalue weighted by atomic mass is 16.5. The fourth-order valence-electron chi connectivity index (χ4n) is 3.65. The van der Waals surface area contributed by atoms with Gasteiger partial charge in [-0.25, -0.2) is 0 Å². The van der Waals surface area contributed by atoms with Gasteiger partial charge >= 0.3 is 0 Å². The molecular weight excluding hydrogens is 418 g/mol. The van der Waals surface area contributed by atoms with E-state index in [-0.39, 0.29) is 0 Å². The van der Waals surface area contributed by atoms with Gasteiger partial charge in [-0.15, -0.1) is 10.2 Å². The molecule has 8 nitrogen and oxygen atoms in total. The molecule has 33 heavy (non-hydrogen) atoms. The monoisotopic (exact) mass is 445 g/mol. The molecule has 0 atom stereocenters. The molecule has 0 saturated carbocycles. The van der Waals surface area contributed by atoms with Gasteiger partial charge in [0, 0.05) is 13.1 Å². The SMILES string of the molecule is CCCOc1cc(/C=C(/C#N)c2nnc(N3CCOCC3)n2-c2ccccc2)ccc1OC. The molecule has 1 aliphatic heterocycles. The van der Waals surface area contributed by atoms with Crippen molar-refractivity contribution >= 4 is 17.6 Å². The summed E-state index contributed by atoms with van der Waals surface area (Å²) in [5.74, 6) is 2.48. The standard InChI is InChI=1S/C25H27N5O3/c1-3-13-33-23-17-19(9-10-22(23)31-2)16-20(18-26)24-27-28-25(29-11-14-32-15-12-29)30(24)21-7-5-4-6-8-21/h4-10,16-17H,3,11-15H2,1-2H3/b20-16-. The quantitative estimate of drug-likeness (QED) is 0.485. The zero-order valence-electron chi connectivity index (χ0n) is 18.9. The Labute approximate surface area is 193 Å². The van der Waals surface area contributed by atoms with E-state index >= 15 is 0 Å². The van der Waals surface area contributed by atoms with Gasteiger partial charge < -0.3 is 19.1 Å². The summed E-state index contributed by atoms with van der Waals surface area (Å²) in [6, 6.07) is 17.7. The second-order valence-corrected chi connectivity index (χ2v) is 7.52. The molecular formula is C25H27N5O3. The van der Waals surface area contributed by atoms with Crippen LogP contribution in [0, 0.1) is 11.3 Å². The topological polar surface area (TPSA) is 85.4 Å². The highest BCUT2D eigenvalue weighted by Gasteiger charge is 2.23. The number of methoxy groups -OCH3 is 1. The predicted octanol–water partition coefficient (Wildman–Crippen LogP) is 3.97. The van der Waals surface area contributed by atoms with Gasteiger partial charge in [0.1, 0.15) is 6.07 Å². The van der Waals surface area contributed by atoms with Crippen molar-refractivity contribution in [1.82, 2.24) is 14.8 Å². The minimum Gasteiger partial charge on any atom is -0.493 e. The van der Waals surface area contributed by atoms with Crippen LogP contribution in [0.5, 0.6) is 11.5 Å². The van der Waals surface area contributed by atoms with E-state index in [4.69, 9.17) is 14.2 Å². The van der Waals surface area contributed by atoms with Gasteiger partial charge in [-0.2, -0.15) is 5.26 Å². The summed E-state index contributed by atoms with van der Waals surface area (Å²) in [7, 11) is 1.61. The van der Waals surface area contributed by atoms with Gasteiger partial charge in [0.2, 0.25) is 5.95 Å². The van der Waals surface area contributed by atoms with Crippen molar-refractivity contribution in [2.24, 2.45) is 0 Å². The van der Waals surface area contributed by atoms with Crippen molar-refractivity contribution in [3.8, 4) is 23.3 Å². The Morgan fingerprint density at radius 1 is 1.12 bits per heavy atom. The number of hydrogen-bond donors (Lipinski definition) is 0. The lowest BCUT2D eigenvalue weighted by atomic mass is 10.1. The zero-order chi connectivity index (χ0) is 23.0. The van der Waals surface area contributed by atoms with E-state index in [1.807, 2.05) is 60.0 Å². The lowest BCUT2D eigenvalue weighted by Crippen LogP contribution is -2.38. The fraction of sp³-hybridized carbons (Fsp3) is 0.320. The minimum atomic E-state index is 0.400. The van der Waals surface area contributed by atoms with E-state index < -0.39 is 0 Å². The van der Waals surface area contributed by atoms with Crippen molar-refractivity contribution in [2.75, 3.05) is 44.9 Å². The van der Waals surface area contributed by atoms with Gasteiger partial charge in [-0.05, 0) is 42.3 Å². The molecule has 170 valence electrons. The summed E-state index contributed by atoms with van der Waals surface area (Å²) in [6.45, 7) is 5.32. The Morgan fingerprint density at radius 3 is 2.61 bits per heavy atom. The molecule has 1 aromatic heterocycles. The molecule has 8 heteroatoms. The van der Waals surface area contributed by atoms with E-state index in [1.54, 1.807) is 13.2 Å². The number of ether oxygens (including phenoxy) is 3. The molecule has 1 saturated heterocycles. The Kier molecular flexibility index (Phi) is 7.22. The summed E-state index contributed by atoms with van der Waals surface area (Å²) in [4.78, 5) is 2.13. The van der Waals surface area contributed by atoms with Crippen molar-refractivity contribution in [2.45, 2.75) is 13.3 Å². The highest BCUT2D eigenvalue weighted by Crippen LogP contribution is 2.31. The second-order valence-electron chi connectivity index (χ2n) is 7.52.